The molecule has 0 radical (unpaired) electrons. The van der Waals surface area contributed by atoms with E-state index in [0.29, 0.717) is 22.9 Å². The molecular weight excluding hydrogens is 392 g/mol. The van der Waals surface area contributed by atoms with Crippen LogP contribution >= 0.6 is 23.4 Å². The summed E-state index contributed by atoms with van der Waals surface area (Å²) < 4.78 is 0. The van der Waals surface area contributed by atoms with Gasteiger partial charge in [0, 0.05) is 23.2 Å². The standard InChI is InChI=1S/C22H25ClN2O2S/c1-3-4-15(2)24-21(27)17-7-9-18(10-8-17)22-25(20(26)14-28-22)13-16-5-11-19(23)12-6-16/h5-12,15,22H,3-4,13-14H2,1-2H3,(H,24,27)/t15-,22+/m0/s1. The van der Waals surface area contributed by atoms with Crippen LogP contribution in [0, 0.1) is 0 Å². The van der Waals surface area contributed by atoms with E-state index in [2.05, 4.69) is 12.2 Å². The maximum Gasteiger partial charge on any atom is 0.251 e. The summed E-state index contributed by atoms with van der Waals surface area (Å²) >= 11 is 7.57. The SMILES string of the molecule is CCC[C@H](C)NC(=O)c1ccc([C@H]2SCC(=O)N2Cc2ccc(Cl)cc2)cc1. The number of rotatable bonds is 7. The van der Waals surface area contributed by atoms with Gasteiger partial charge in [0.25, 0.3) is 5.91 Å². The molecule has 1 aliphatic rings. The Balaban J connectivity index is 1.70. The number of hydrogen-bond donors (Lipinski definition) is 1. The molecule has 1 saturated heterocycles. The minimum absolute atomic E-state index is 0.0423. The molecule has 148 valence electrons. The lowest BCUT2D eigenvalue weighted by atomic mass is 10.1. The van der Waals surface area contributed by atoms with Gasteiger partial charge in [-0.1, -0.05) is 49.2 Å². The van der Waals surface area contributed by atoms with Crippen molar-refractivity contribution in [3.63, 3.8) is 0 Å². The lowest BCUT2D eigenvalue weighted by molar-refractivity contribution is -0.128. The molecule has 0 spiro atoms. The van der Waals surface area contributed by atoms with Crippen molar-refractivity contribution in [1.82, 2.24) is 10.2 Å². The molecule has 6 heteroatoms. The van der Waals surface area contributed by atoms with E-state index in [1.165, 1.54) is 0 Å². The lowest BCUT2D eigenvalue weighted by Crippen LogP contribution is -2.32. The fraction of sp³-hybridized carbons (Fsp3) is 0.364. The average molecular weight is 417 g/mol. The number of carbonyl (C=O) groups is 2. The second-order valence-corrected chi connectivity index (χ2v) is 8.60. The van der Waals surface area contributed by atoms with E-state index in [1.54, 1.807) is 11.8 Å². The van der Waals surface area contributed by atoms with E-state index in [0.717, 1.165) is 24.0 Å². The molecule has 1 N–H and O–H groups in total. The Bertz CT molecular complexity index is 823. The first-order valence-electron chi connectivity index (χ1n) is 9.54. The lowest BCUT2D eigenvalue weighted by Gasteiger charge is -2.24. The molecule has 3 rings (SSSR count). The zero-order valence-corrected chi connectivity index (χ0v) is 17.7. The average Bonchev–Trinajstić information content (AvgIpc) is 3.04. The molecule has 1 fully saturated rings. The van der Waals surface area contributed by atoms with Gasteiger partial charge in [0.05, 0.1) is 5.75 Å². The maximum atomic E-state index is 12.4. The minimum Gasteiger partial charge on any atom is -0.350 e. The normalized spacial score (nSPS) is 17.6. The number of carbonyl (C=O) groups excluding carboxylic acids is 2. The van der Waals surface area contributed by atoms with Crippen molar-refractivity contribution >= 4 is 35.2 Å². The molecular formula is C22H25ClN2O2S. The van der Waals surface area contributed by atoms with Crippen LogP contribution in [-0.4, -0.2) is 28.5 Å². The van der Waals surface area contributed by atoms with Crippen molar-refractivity contribution in [1.29, 1.82) is 0 Å². The molecule has 2 amide bonds. The van der Waals surface area contributed by atoms with Crippen molar-refractivity contribution in [3.05, 3.63) is 70.2 Å². The van der Waals surface area contributed by atoms with E-state index < -0.39 is 0 Å². The molecule has 0 bridgehead atoms. The van der Waals surface area contributed by atoms with Crippen LogP contribution in [0.2, 0.25) is 5.02 Å². The predicted octanol–water partition coefficient (Wildman–Crippen LogP) is 5.03. The smallest absolute Gasteiger partial charge is 0.251 e. The molecule has 2 aromatic rings. The number of hydrogen-bond acceptors (Lipinski definition) is 3. The van der Waals surface area contributed by atoms with Crippen LogP contribution in [0.3, 0.4) is 0 Å². The van der Waals surface area contributed by atoms with E-state index in [9.17, 15) is 9.59 Å². The Kier molecular flexibility index (Phi) is 7.03. The van der Waals surface area contributed by atoms with Crippen molar-refractivity contribution in [3.8, 4) is 0 Å². The number of nitrogens with zero attached hydrogens (tertiary/aromatic N) is 1. The minimum atomic E-state index is -0.0549. The molecule has 0 aromatic heterocycles. The Morgan fingerprint density at radius 3 is 2.54 bits per heavy atom. The van der Waals surface area contributed by atoms with E-state index in [1.807, 2.05) is 60.4 Å². The molecule has 0 aliphatic carbocycles. The molecule has 0 saturated carbocycles. The van der Waals surface area contributed by atoms with Crippen LogP contribution in [0.5, 0.6) is 0 Å². The van der Waals surface area contributed by atoms with Crippen molar-refractivity contribution in [2.24, 2.45) is 0 Å². The second-order valence-electron chi connectivity index (χ2n) is 7.10. The van der Waals surface area contributed by atoms with Crippen molar-refractivity contribution in [2.75, 3.05) is 5.75 Å². The van der Waals surface area contributed by atoms with Crippen molar-refractivity contribution in [2.45, 2.75) is 44.6 Å². The van der Waals surface area contributed by atoms with Crippen LogP contribution in [0.1, 0.15) is 53.5 Å². The quantitative estimate of drug-likeness (QED) is 0.688. The van der Waals surface area contributed by atoms with Gasteiger partial charge in [-0.15, -0.1) is 11.8 Å². The van der Waals surface area contributed by atoms with Gasteiger partial charge >= 0.3 is 0 Å². The predicted molar refractivity (Wildman–Crippen MR) is 115 cm³/mol. The Morgan fingerprint density at radius 2 is 1.89 bits per heavy atom. The summed E-state index contributed by atoms with van der Waals surface area (Å²) in [5, 5.41) is 3.66. The summed E-state index contributed by atoms with van der Waals surface area (Å²) in [4.78, 5) is 26.6. The summed E-state index contributed by atoms with van der Waals surface area (Å²) in [6, 6.07) is 15.3. The number of benzene rings is 2. The van der Waals surface area contributed by atoms with Crippen LogP contribution in [0.15, 0.2) is 48.5 Å². The molecule has 28 heavy (non-hydrogen) atoms. The molecule has 4 nitrogen and oxygen atoms in total. The summed E-state index contributed by atoms with van der Waals surface area (Å²) in [5.41, 5.74) is 2.72. The maximum absolute atomic E-state index is 12.4. The Morgan fingerprint density at radius 1 is 1.21 bits per heavy atom. The van der Waals surface area contributed by atoms with Crippen LogP contribution in [-0.2, 0) is 11.3 Å². The van der Waals surface area contributed by atoms with Gasteiger partial charge in [-0.2, -0.15) is 0 Å². The first-order valence-corrected chi connectivity index (χ1v) is 11.0. The van der Waals surface area contributed by atoms with Gasteiger partial charge in [-0.25, -0.2) is 0 Å². The zero-order chi connectivity index (χ0) is 20.1. The first kappa shape index (κ1) is 20.7. The number of amides is 2. The summed E-state index contributed by atoms with van der Waals surface area (Å²) in [6.07, 6.45) is 2.00. The van der Waals surface area contributed by atoms with Gasteiger partial charge in [0.15, 0.2) is 0 Å². The summed E-state index contributed by atoms with van der Waals surface area (Å²) in [5.74, 6) is 0.538. The first-order chi connectivity index (χ1) is 13.5. The van der Waals surface area contributed by atoms with Gasteiger partial charge in [-0.05, 0) is 48.7 Å². The molecule has 0 unspecified atom stereocenters. The van der Waals surface area contributed by atoms with E-state index in [4.69, 9.17) is 11.6 Å². The fourth-order valence-electron chi connectivity index (χ4n) is 3.30. The number of thioether (sulfide) groups is 1. The third-order valence-corrected chi connectivity index (χ3v) is 6.30. The fourth-order valence-corrected chi connectivity index (χ4v) is 4.61. The van der Waals surface area contributed by atoms with Gasteiger partial charge in [0.2, 0.25) is 5.91 Å². The van der Waals surface area contributed by atoms with Crippen LogP contribution in [0.4, 0.5) is 0 Å². The Hall–Kier alpha value is -1.98. The largest absolute Gasteiger partial charge is 0.350 e. The number of halogens is 1. The summed E-state index contributed by atoms with van der Waals surface area (Å²) in [7, 11) is 0. The van der Waals surface area contributed by atoms with Crippen molar-refractivity contribution < 1.29 is 9.59 Å². The monoisotopic (exact) mass is 416 g/mol. The van der Waals surface area contributed by atoms with E-state index in [-0.39, 0.29) is 23.2 Å². The van der Waals surface area contributed by atoms with E-state index >= 15 is 0 Å². The molecule has 1 aliphatic heterocycles. The highest BCUT2D eigenvalue weighted by atomic mass is 35.5. The third-order valence-electron chi connectivity index (χ3n) is 4.79. The number of nitrogens with one attached hydrogen (secondary N) is 1. The molecule has 2 atom stereocenters. The topological polar surface area (TPSA) is 49.4 Å². The highest BCUT2D eigenvalue weighted by molar-refractivity contribution is 8.00. The molecule has 1 heterocycles. The zero-order valence-electron chi connectivity index (χ0n) is 16.2. The third kappa shape index (κ3) is 5.09. The van der Waals surface area contributed by atoms with Crippen LogP contribution in [0.25, 0.3) is 0 Å². The van der Waals surface area contributed by atoms with Gasteiger partial charge in [0.1, 0.15) is 5.37 Å². The Labute approximate surface area is 175 Å². The molecule has 2 aromatic carbocycles. The van der Waals surface area contributed by atoms with Gasteiger partial charge in [-0.3, -0.25) is 9.59 Å². The summed E-state index contributed by atoms with van der Waals surface area (Å²) in [6.45, 7) is 4.67. The van der Waals surface area contributed by atoms with Crippen LogP contribution < -0.4 is 5.32 Å². The second kappa shape index (κ2) is 9.48. The highest BCUT2D eigenvalue weighted by Gasteiger charge is 2.32. The van der Waals surface area contributed by atoms with Gasteiger partial charge < -0.3 is 10.2 Å². The highest BCUT2D eigenvalue weighted by Crippen LogP contribution is 2.39.